The summed E-state index contributed by atoms with van der Waals surface area (Å²) in [4.78, 5) is 12.8. The third-order valence-electron chi connectivity index (χ3n) is 4.98. The van der Waals surface area contributed by atoms with Gasteiger partial charge in [-0.3, -0.25) is 19.1 Å². The normalized spacial score (nSPS) is 13.7. The summed E-state index contributed by atoms with van der Waals surface area (Å²) in [5, 5.41) is 15.2. The molecule has 0 aliphatic heterocycles. The van der Waals surface area contributed by atoms with Crippen molar-refractivity contribution in [3.8, 4) is 0 Å². The lowest BCUT2D eigenvalue weighted by Crippen LogP contribution is -2.26. The van der Waals surface area contributed by atoms with Crippen LogP contribution in [-0.4, -0.2) is 30.5 Å². The van der Waals surface area contributed by atoms with Crippen LogP contribution >= 0.6 is 23.8 Å². The summed E-state index contributed by atoms with van der Waals surface area (Å²) in [6, 6.07) is 8.04. The number of H-pyrrole nitrogens is 1. The van der Waals surface area contributed by atoms with Gasteiger partial charge in [-0.05, 0) is 50.5 Å². The lowest BCUT2D eigenvalue weighted by molar-refractivity contribution is 0.0948. The Morgan fingerprint density at radius 3 is 2.82 bits per heavy atom. The van der Waals surface area contributed by atoms with Gasteiger partial charge in [0.05, 0.1) is 24.3 Å². The van der Waals surface area contributed by atoms with E-state index in [2.05, 4.69) is 20.6 Å². The Kier molecular flexibility index (Phi) is 5.07. The third kappa shape index (κ3) is 3.62. The van der Waals surface area contributed by atoms with Crippen LogP contribution in [0.5, 0.6) is 0 Å². The number of aromatic amines is 1. The lowest BCUT2D eigenvalue weighted by Gasteiger charge is -2.09. The standard InChI is InChI=1S/C19H21ClN6OS/c1-11-17(12(2)25(24-11)10-13-5-3-4-6-15(13)20)18(27)21-9-16-22-23-19(28)26(16)14-7-8-14/h3-6,14H,7-10H2,1-2H3,(H,21,27)(H,23,28). The first-order chi connectivity index (χ1) is 13.5. The van der Waals surface area contributed by atoms with Gasteiger partial charge in [0, 0.05) is 16.8 Å². The number of rotatable bonds is 6. The largest absolute Gasteiger partial charge is 0.345 e. The van der Waals surface area contributed by atoms with Gasteiger partial charge in [-0.1, -0.05) is 29.8 Å². The number of nitrogens with one attached hydrogen (secondary N) is 2. The minimum absolute atomic E-state index is 0.170. The topological polar surface area (TPSA) is 80.5 Å². The maximum absolute atomic E-state index is 12.8. The van der Waals surface area contributed by atoms with E-state index in [0.29, 0.717) is 40.2 Å². The van der Waals surface area contributed by atoms with Crippen LogP contribution in [0.2, 0.25) is 5.02 Å². The summed E-state index contributed by atoms with van der Waals surface area (Å²) in [5.74, 6) is 0.580. The van der Waals surface area contributed by atoms with Crippen LogP contribution in [0.4, 0.5) is 0 Å². The number of hydrogen-bond donors (Lipinski definition) is 2. The van der Waals surface area contributed by atoms with E-state index in [4.69, 9.17) is 23.8 Å². The molecule has 1 saturated carbocycles. The van der Waals surface area contributed by atoms with Crippen molar-refractivity contribution < 1.29 is 4.79 Å². The molecule has 0 spiro atoms. The molecular weight excluding hydrogens is 396 g/mol. The van der Waals surface area contributed by atoms with E-state index in [1.54, 1.807) is 0 Å². The molecule has 2 aromatic heterocycles. The average Bonchev–Trinajstić information content (AvgIpc) is 3.37. The van der Waals surface area contributed by atoms with Crippen LogP contribution in [-0.2, 0) is 13.1 Å². The zero-order valence-corrected chi connectivity index (χ0v) is 17.3. The van der Waals surface area contributed by atoms with Crippen LogP contribution in [0.1, 0.15) is 52.0 Å². The van der Waals surface area contributed by atoms with Crippen LogP contribution in [0.15, 0.2) is 24.3 Å². The zero-order valence-electron chi connectivity index (χ0n) is 15.7. The summed E-state index contributed by atoms with van der Waals surface area (Å²) in [7, 11) is 0. The number of nitrogens with zero attached hydrogens (tertiary/aromatic N) is 4. The van der Waals surface area contributed by atoms with Crippen LogP contribution in [0, 0.1) is 18.6 Å². The first-order valence-electron chi connectivity index (χ1n) is 9.17. The van der Waals surface area contributed by atoms with Crippen molar-refractivity contribution in [2.24, 2.45) is 0 Å². The number of aryl methyl sites for hydroxylation is 1. The molecule has 4 rings (SSSR count). The summed E-state index contributed by atoms with van der Waals surface area (Å²) < 4.78 is 4.41. The average molecular weight is 417 g/mol. The SMILES string of the molecule is Cc1nn(Cc2ccccc2Cl)c(C)c1C(=O)NCc1n[nH]c(=S)n1C1CC1. The second-order valence-corrected chi connectivity index (χ2v) is 7.82. The second-order valence-electron chi connectivity index (χ2n) is 7.02. The smallest absolute Gasteiger partial charge is 0.255 e. The molecular formula is C19H21ClN6OS. The van der Waals surface area contributed by atoms with E-state index in [-0.39, 0.29) is 5.91 Å². The summed E-state index contributed by atoms with van der Waals surface area (Å²) in [6.07, 6.45) is 2.20. The van der Waals surface area contributed by atoms with Crippen molar-refractivity contribution in [2.45, 2.75) is 45.8 Å². The maximum Gasteiger partial charge on any atom is 0.255 e. The fourth-order valence-electron chi connectivity index (χ4n) is 3.39. The predicted octanol–water partition coefficient (Wildman–Crippen LogP) is 3.72. The molecule has 1 amide bonds. The summed E-state index contributed by atoms with van der Waals surface area (Å²) in [6.45, 7) is 4.56. The number of halogens is 1. The number of amides is 1. The van der Waals surface area contributed by atoms with Gasteiger partial charge in [0.15, 0.2) is 10.6 Å². The van der Waals surface area contributed by atoms with E-state index < -0.39 is 0 Å². The van der Waals surface area contributed by atoms with Gasteiger partial charge < -0.3 is 5.32 Å². The zero-order chi connectivity index (χ0) is 19.8. The molecule has 7 nitrogen and oxygen atoms in total. The van der Waals surface area contributed by atoms with Crippen molar-refractivity contribution in [2.75, 3.05) is 0 Å². The molecule has 0 bridgehead atoms. The van der Waals surface area contributed by atoms with Crippen LogP contribution < -0.4 is 5.32 Å². The van der Waals surface area contributed by atoms with Crippen LogP contribution in [0.25, 0.3) is 0 Å². The van der Waals surface area contributed by atoms with Gasteiger partial charge in [0.25, 0.3) is 5.91 Å². The van der Waals surface area contributed by atoms with Crippen molar-refractivity contribution in [1.29, 1.82) is 0 Å². The molecule has 1 aromatic carbocycles. The molecule has 9 heteroatoms. The lowest BCUT2D eigenvalue weighted by atomic mass is 10.1. The Morgan fingerprint density at radius 1 is 1.36 bits per heavy atom. The molecule has 0 unspecified atom stereocenters. The van der Waals surface area contributed by atoms with E-state index in [1.807, 2.05) is 47.4 Å². The highest BCUT2D eigenvalue weighted by atomic mass is 35.5. The molecule has 2 N–H and O–H groups in total. The molecule has 0 atom stereocenters. The van der Waals surface area contributed by atoms with E-state index >= 15 is 0 Å². The Bertz CT molecular complexity index is 1090. The van der Waals surface area contributed by atoms with Crippen LogP contribution in [0.3, 0.4) is 0 Å². The van der Waals surface area contributed by atoms with Gasteiger partial charge in [-0.15, -0.1) is 0 Å². The molecule has 1 aliphatic rings. The summed E-state index contributed by atoms with van der Waals surface area (Å²) >= 11 is 11.5. The first kappa shape index (κ1) is 18.9. The van der Waals surface area contributed by atoms with E-state index in [0.717, 1.165) is 29.9 Å². The molecule has 3 aromatic rings. The molecule has 1 aliphatic carbocycles. The third-order valence-corrected chi connectivity index (χ3v) is 5.64. The van der Waals surface area contributed by atoms with E-state index in [9.17, 15) is 4.79 Å². The Morgan fingerprint density at radius 2 is 2.11 bits per heavy atom. The van der Waals surface area contributed by atoms with Gasteiger partial charge >= 0.3 is 0 Å². The molecule has 0 radical (unpaired) electrons. The quantitative estimate of drug-likeness (QED) is 0.600. The van der Waals surface area contributed by atoms with Crippen molar-refractivity contribution in [1.82, 2.24) is 29.9 Å². The van der Waals surface area contributed by atoms with E-state index in [1.165, 1.54) is 0 Å². The monoisotopic (exact) mass is 416 g/mol. The van der Waals surface area contributed by atoms with Crippen molar-refractivity contribution >= 4 is 29.7 Å². The number of carbonyl (C=O) groups is 1. The molecule has 2 heterocycles. The highest BCUT2D eigenvalue weighted by Gasteiger charge is 2.27. The van der Waals surface area contributed by atoms with Gasteiger partial charge in [0.1, 0.15) is 0 Å². The van der Waals surface area contributed by atoms with Crippen molar-refractivity contribution in [3.63, 3.8) is 0 Å². The number of benzene rings is 1. The number of aromatic nitrogens is 5. The maximum atomic E-state index is 12.8. The number of carbonyl (C=O) groups excluding carboxylic acids is 1. The van der Waals surface area contributed by atoms with Gasteiger partial charge in [-0.2, -0.15) is 10.2 Å². The van der Waals surface area contributed by atoms with Crippen molar-refractivity contribution in [3.05, 3.63) is 62.4 Å². The fraction of sp³-hybridized carbons (Fsp3) is 0.368. The predicted molar refractivity (Wildman–Crippen MR) is 109 cm³/mol. The fourth-order valence-corrected chi connectivity index (χ4v) is 3.88. The highest BCUT2D eigenvalue weighted by molar-refractivity contribution is 7.71. The molecule has 0 saturated heterocycles. The minimum atomic E-state index is -0.170. The highest BCUT2D eigenvalue weighted by Crippen LogP contribution is 2.35. The first-order valence-corrected chi connectivity index (χ1v) is 9.95. The molecule has 146 valence electrons. The Balaban J connectivity index is 1.51. The molecule has 28 heavy (non-hydrogen) atoms. The second kappa shape index (κ2) is 7.52. The van der Waals surface area contributed by atoms with Gasteiger partial charge in [-0.25, -0.2) is 0 Å². The number of hydrogen-bond acceptors (Lipinski definition) is 4. The summed E-state index contributed by atoms with van der Waals surface area (Å²) in [5.41, 5.74) is 3.03. The Labute approximate surface area is 172 Å². The molecule has 1 fully saturated rings. The van der Waals surface area contributed by atoms with Gasteiger partial charge in [0.2, 0.25) is 0 Å². The Hall–Kier alpha value is -2.45. The minimum Gasteiger partial charge on any atom is -0.345 e.